The molecule has 118 valence electrons. The van der Waals surface area contributed by atoms with Gasteiger partial charge < -0.3 is 10.6 Å². The number of anilines is 2. The lowest BCUT2D eigenvalue weighted by molar-refractivity contribution is 0.523. The van der Waals surface area contributed by atoms with Gasteiger partial charge in [0.05, 0.1) is 0 Å². The van der Waals surface area contributed by atoms with Gasteiger partial charge in [-0.25, -0.2) is 9.97 Å². The number of hydrogen-bond donors (Lipinski definition) is 1. The Hall–Kier alpha value is -1.32. The molecule has 1 aromatic rings. The molecule has 0 atom stereocenters. The molecule has 4 heteroatoms. The Morgan fingerprint density at radius 3 is 2.62 bits per heavy atom. The highest BCUT2D eigenvalue weighted by atomic mass is 15.2. The molecule has 0 saturated heterocycles. The minimum Gasteiger partial charge on any atom is -0.383 e. The third-order valence-corrected chi connectivity index (χ3v) is 4.44. The van der Waals surface area contributed by atoms with Gasteiger partial charge in [0.15, 0.2) is 0 Å². The molecule has 0 radical (unpaired) electrons. The molecule has 0 aromatic carbocycles. The normalized spacial score (nSPS) is 15.8. The molecular weight excluding hydrogens is 260 g/mol. The topological polar surface area (TPSA) is 55.0 Å². The zero-order valence-electron chi connectivity index (χ0n) is 13.8. The largest absolute Gasteiger partial charge is 0.383 e. The Labute approximate surface area is 129 Å². The second-order valence-electron chi connectivity index (χ2n) is 6.63. The van der Waals surface area contributed by atoms with Crippen LogP contribution >= 0.6 is 0 Å². The van der Waals surface area contributed by atoms with Crippen molar-refractivity contribution in [1.82, 2.24) is 9.97 Å². The monoisotopic (exact) mass is 290 g/mol. The van der Waals surface area contributed by atoms with E-state index >= 15 is 0 Å². The van der Waals surface area contributed by atoms with E-state index in [-0.39, 0.29) is 0 Å². The first kappa shape index (κ1) is 16.1. The van der Waals surface area contributed by atoms with Crippen molar-refractivity contribution in [3.05, 3.63) is 11.9 Å². The summed E-state index contributed by atoms with van der Waals surface area (Å²) in [6.45, 7) is 7.84. The van der Waals surface area contributed by atoms with Crippen LogP contribution in [0.25, 0.3) is 0 Å². The lowest BCUT2D eigenvalue weighted by Gasteiger charge is -2.32. The molecule has 1 aromatic heterocycles. The Bertz CT molecular complexity index is 438. The fourth-order valence-corrected chi connectivity index (χ4v) is 3.23. The minimum absolute atomic E-state index is 0.633. The molecule has 1 aliphatic rings. The van der Waals surface area contributed by atoms with Gasteiger partial charge >= 0.3 is 0 Å². The van der Waals surface area contributed by atoms with Gasteiger partial charge in [0.2, 0.25) is 0 Å². The fourth-order valence-electron chi connectivity index (χ4n) is 3.23. The number of hydrogen-bond acceptors (Lipinski definition) is 4. The van der Waals surface area contributed by atoms with E-state index < -0.39 is 0 Å². The molecule has 0 unspecified atom stereocenters. The van der Waals surface area contributed by atoms with Crippen LogP contribution in [0, 0.1) is 5.92 Å². The summed E-state index contributed by atoms with van der Waals surface area (Å²) in [5.41, 5.74) is 7.27. The second-order valence-corrected chi connectivity index (χ2v) is 6.63. The first-order chi connectivity index (χ1) is 10.1. The number of nitrogens with zero attached hydrogens (tertiary/aromatic N) is 3. The third kappa shape index (κ3) is 4.08. The van der Waals surface area contributed by atoms with E-state index in [4.69, 9.17) is 5.73 Å². The molecule has 1 saturated carbocycles. The van der Waals surface area contributed by atoms with E-state index in [2.05, 4.69) is 35.6 Å². The van der Waals surface area contributed by atoms with Gasteiger partial charge in [0, 0.05) is 18.2 Å². The lowest BCUT2D eigenvalue weighted by atomic mass is 10.1. The van der Waals surface area contributed by atoms with Crippen LogP contribution in [0.1, 0.15) is 64.9 Å². The highest BCUT2D eigenvalue weighted by Crippen LogP contribution is 2.31. The van der Waals surface area contributed by atoms with Gasteiger partial charge in [-0.05, 0) is 31.6 Å². The molecule has 2 N–H and O–H groups in total. The van der Waals surface area contributed by atoms with Gasteiger partial charge in [0.1, 0.15) is 18.0 Å². The first-order valence-electron chi connectivity index (χ1n) is 8.49. The van der Waals surface area contributed by atoms with Crippen molar-refractivity contribution in [2.45, 2.75) is 71.8 Å². The quantitative estimate of drug-likeness (QED) is 0.829. The summed E-state index contributed by atoms with van der Waals surface area (Å²) < 4.78 is 0. The molecule has 0 aliphatic heterocycles. The average molecular weight is 290 g/mol. The van der Waals surface area contributed by atoms with Crippen LogP contribution in [0.15, 0.2) is 6.33 Å². The second kappa shape index (κ2) is 7.62. The molecule has 4 nitrogen and oxygen atoms in total. The van der Waals surface area contributed by atoms with E-state index in [1.807, 2.05) is 0 Å². The summed E-state index contributed by atoms with van der Waals surface area (Å²) in [6, 6.07) is 0.633. The maximum atomic E-state index is 6.12. The van der Waals surface area contributed by atoms with Crippen LogP contribution in [0.2, 0.25) is 0 Å². The van der Waals surface area contributed by atoms with Crippen molar-refractivity contribution in [3.63, 3.8) is 0 Å². The average Bonchev–Trinajstić information content (AvgIpc) is 2.96. The maximum Gasteiger partial charge on any atom is 0.137 e. The maximum absolute atomic E-state index is 6.12. The molecule has 1 fully saturated rings. The SMILES string of the molecule is CCCc1c(N)ncnc1N(CCC(C)C)C1CCCC1. The van der Waals surface area contributed by atoms with E-state index in [9.17, 15) is 0 Å². The zero-order valence-corrected chi connectivity index (χ0v) is 13.8. The van der Waals surface area contributed by atoms with Crippen LogP contribution in [0.3, 0.4) is 0 Å². The highest BCUT2D eigenvalue weighted by Gasteiger charge is 2.26. The van der Waals surface area contributed by atoms with Crippen LogP contribution in [0.5, 0.6) is 0 Å². The van der Waals surface area contributed by atoms with Crippen molar-refractivity contribution in [1.29, 1.82) is 0 Å². The Morgan fingerprint density at radius 1 is 1.29 bits per heavy atom. The van der Waals surface area contributed by atoms with E-state index in [1.165, 1.54) is 32.1 Å². The van der Waals surface area contributed by atoms with Gasteiger partial charge in [-0.1, -0.05) is 40.0 Å². The third-order valence-electron chi connectivity index (χ3n) is 4.44. The van der Waals surface area contributed by atoms with Crippen molar-refractivity contribution < 1.29 is 0 Å². The number of nitrogen functional groups attached to an aromatic ring is 1. The summed E-state index contributed by atoms with van der Waals surface area (Å²) in [5.74, 6) is 2.47. The molecule has 0 bridgehead atoms. The predicted molar refractivity (Wildman–Crippen MR) is 89.5 cm³/mol. The van der Waals surface area contributed by atoms with E-state index in [1.54, 1.807) is 6.33 Å². The number of rotatable bonds is 7. The molecule has 0 spiro atoms. The molecule has 1 aliphatic carbocycles. The van der Waals surface area contributed by atoms with Crippen molar-refractivity contribution in [3.8, 4) is 0 Å². The van der Waals surface area contributed by atoms with Gasteiger partial charge in [-0.3, -0.25) is 0 Å². The summed E-state index contributed by atoms with van der Waals surface area (Å²) >= 11 is 0. The Morgan fingerprint density at radius 2 is 2.00 bits per heavy atom. The molecule has 0 amide bonds. The van der Waals surface area contributed by atoms with Gasteiger partial charge in [-0.15, -0.1) is 0 Å². The first-order valence-corrected chi connectivity index (χ1v) is 8.49. The van der Waals surface area contributed by atoms with Gasteiger partial charge in [-0.2, -0.15) is 0 Å². The van der Waals surface area contributed by atoms with Crippen LogP contribution < -0.4 is 10.6 Å². The summed E-state index contributed by atoms with van der Waals surface area (Å²) in [7, 11) is 0. The van der Waals surface area contributed by atoms with Crippen molar-refractivity contribution in [2.24, 2.45) is 5.92 Å². The standard InChI is InChI=1S/C17H30N4/c1-4-7-15-16(18)19-12-20-17(15)21(11-10-13(2)3)14-8-5-6-9-14/h12-14H,4-11H2,1-3H3,(H2,18,19,20). The van der Waals surface area contributed by atoms with Crippen LogP contribution in [-0.2, 0) is 6.42 Å². The minimum atomic E-state index is 0.633. The summed E-state index contributed by atoms with van der Waals surface area (Å²) in [4.78, 5) is 11.3. The summed E-state index contributed by atoms with van der Waals surface area (Å²) in [5, 5.41) is 0. The molecule has 2 rings (SSSR count). The van der Waals surface area contributed by atoms with Crippen LogP contribution in [0.4, 0.5) is 11.6 Å². The molecule has 1 heterocycles. The van der Waals surface area contributed by atoms with Gasteiger partial charge in [0.25, 0.3) is 0 Å². The zero-order chi connectivity index (χ0) is 15.2. The number of nitrogens with two attached hydrogens (primary N) is 1. The molecule has 21 heavy (non-hydrogen) atoms. The highest BCUT2D eigenvalue weighted by molar-refractivity contribution is 5.57. The smallest absolute Gasteiger partial charge is 0.137 e. The summed E-state index contributed by atoms with van der Waals surface area (Å²) in [6.07, 6.45) is 10.1. The molecular formula is C17H30N4. The number of aromatic nitrogens is 2. The predicted octanol–water partition coefficient (Wildman–Crippen LogP) is 3.81. The Balaban J connectivity index is 2.28. The fraction of sp³-hybridized carbons (Fsp3) is 0.765. The van der Waals surface area contributed by atoms with Crippen molar-refractivity contribution >= 4 is 11.6 Å². The van der Waals surface area contributed by atoms with E-state index in [0.29, 0.717) is 17.8 Å². The van der Waals surface area contributed by atoms with Crippen molar-refractivity contribution in [2.75, 3.05) is 17.2 Å². The Kier molecular flexibility index (Phi) is 5.83. The van der Waals surface area contributed by atoms with E-state index in [0.717, 1.165) is 30.8 Å². The van der Waals surface area contributed by atoms with Crippen LogP contribution in [-0.4, -0.2) is 22.6 Å². The lowest BCUT2D eigenvalue weighted by Crippen LogP contribution is -2.36.